The normalized spacial score (nSPS) is 13.6. The summed E-state index contributed by atoms with van der Waals surface area (Å²) in [6.45, 7) is 0.597. The summed E-state index contributed by atoms with van der Waals surface area (Å²) in [5.74, 6) is -0.517. The van der Waals surface area contributed by atoms with Gasteiger partial charge in [0.25, 0.3) is 5.91 Å². The van der Waals surface area contributed by atoms with Crippen LogP contribution in [0.5, 0.6) is 0 Å². The van der Waals surface area contributed by atoms with E-state index in [0.29, 0.717) is 24.2 Å². The monoisotopic (exact) mass is 463 g/mol. The van der Waals surface area contributed by atoms with Gasteiger partial charge in [0.05, 0.1) is 6.54 Å². The number of rotatable bonds is 5. The van der Waals surface area contributed by atoms with Crippen LogP contribution in [0.2, 0.25) is 0 Å². The maximum atomic E-state index is 12.2. The van der Waals surface area contributed by atoms with Crippen molar-refractivity contribution in [3.63, 3.8) is 0 Å². The highest BCUT2D eigenvalue weighted by atomic mass is 127. The molecule has 1 aliphatic heterocycles. The lowest BCUT2D eigenvalue weighted by atomic mass is 10.2. The van der Waals surface area contributed by atoms with E-state index in [-0.39, 0.29) is 24.3 Å². The Hall–Kier alpha value is -2.42. The van der Waals surface area contributed by atoms with Gasteiger partial charge in [0.2, 0.25) is 11.8 Å². The number of nitrogens with zero attached hydrogens (tertiary/aromatic N) is 1. The van der Waals surface area contributed by atoms with Crippen molar-refractivity contribution < 1.29 is 14.4 Å². The van der Waals surface area contributed by atoms with Gasteiger partial charge in [-0.05, 0) is 71.5 Å². The minimum absolute atomic E-state index is 0.106. The van der Waals surface area contributed by atoms with E-state index in [1.807, 2.05) is 18.2 Å². The summed E-state index contributed by atoms with van der Waals surface area (Å²) < 4.78 is 1.01. The van der Waals surface area contributed by atoms with Gasteiger partial charge in [0, 0.05) is 33.5 Å². The number of nitrogens with one attached hydrogen (secondary N) is 2. The first kappa shape index (κ1) is 18.4. The molecule has 0 unspecified atom stereocenters. The first-order valence-corrected chi connectivity index (χ1v) is 9.35. The molecule has 134 valence electrons. The average molecular weight is 463 g/mol. The van der Waals surface area contributed by atoms with Crippen LogP contribution in [0.4, 0.5) is 11.4 Å². The standard InChI is InChI=1S/C19H18IN3O3/c20-14-3-1-4-15(11-14)22-17(24)12-21-19(26)13-6-8-16(9-7-13)23-10-2-5-18(23)25/h1,3-4,6-9,11H,2,5,10,12H2,(H,21,26)(H,22,24). The highest BCUT2D eigenvalue weighted by Crippen LogP contribution is 2.21. The third-order valence-electron chi connectivity index (χ3n) is 4.03. The van der Waals surface area contributed by atoms with Crippen molar-refractivity contribution in [1.82, 2.24) is 5.32 Å². The number of hydrogen-bond donors (Lipinski definition) is 2. The largest absolute Gasteiger partial charge is 0.343 e. The molecule has 0 aliphatic carbocycles. The average Bonchev–Trinajstić information content (AvgIpc) is 3.06. The predicted octanol–water partition coefficient (Wildman–Crippen LogP) is 2.79. The summed E-state index contributed by atoms with van der Waals surface area (Å²) in [7, 11) is 0. The second kappa shape index (κ2) is 8.31. The highest BCUT2D eigenvalue weighted by Gasteiger charge is 2.21. The van der Waals surface area contributed by atoms with Crippen molar-refractivity contribution >= 4 is 51.7 Å². The van der Waals surface area contributed by atoms with E-state index >= 15 is 0 Å². The minimum atomic E-state index is -0.331. The molecule has 2 N–H and O–H groups in total. The number of anilines is 2. The lowest BCUT2D eigenvalue weighted by Gasteiger charge is -2.15. The van der Waals surface area contributed by atoms with E-state index in [1.165, 1.54) is 0 Å². The van der Waals surface area contributed by atoms with E-state index in [9.17, 15) is 14.4 Å². The van der Waals surface area contributed by atoms with Crippen LogP contribution >= 0.6 is 22.6 Å². The molecule has 3 rings (SSSR count). The Morgan fingerprint density at radius 3 is 2.54 bits per heavy atom. The minimum Gasteiger partial charge on any atom is -0.343 e. The van der Waals surface area contributed by atoms with Crippen LogP contribution in [0.25, 0.3) is 0 Å². The summed E-state index contributed by atoms with van der Waals surface area (Å²) in [4.78, 5) is 37.6. The smallest absolute Gasteiger partial charge is 0.251 e. The maximum absolute atomic E-state index is 12.2. The molecule has 0 bridgehead atoms. The van der Waals surface area contributed by atoms with Gasteiger partial charge in [-0.25, -0.2) is 0 Å². The van der Waals surface area contributed by atoms with Crippen molar-refractivity contribution in [2.24, 2.45) is 0 Å². The summed E-state index contributed by atoms with van der Waals surface area (Å²) in [6, 6.07) is 14.2. The summed E-state index contributed by atoms with van der Waals surface area (Å²) >= 11 is 2.16. The number of halogens is 1. The molecule has 1 saturated heterocycles. The van der Waals surface area contributed by atoms with Crippen LogP contribution in [0.1, 0.15) is 23.2 Å². The van der Waals surface area contributed by atoms with Crippen molar-refractivity contribution in [2.75, 3.05) is 23.3 Å². The topological polar surface area (TPSA) is 78.5 Å². The lowest BCUT2D eigenvalue weighted by molar-refractivity contribution is -0.117. The van der Waals surface area contributed by atoms with Gasteiger partial charge in [0.15, 0.2) is 0 Å². The van der Waals surface area contributed by atoms with Gasteiger partial charge < -0.3 is 15.5 Å². The number of amides is 3. The van der Waals surface area contributed by atoms with Crippen LogP contribution in [0.3, 0.4) is 0 Å². The Balaban J connectivity index is 1.53. The fourth-order valence-electron chi connectivity index (χ4n) is 2.75. The van der Waals surface area contributed by atoms with Crippen LogP contribution in [-0.4, -0.2) is 30.8 Å². The SMILES string of the molecule is O=C(CNC(=O)c1ccc(N2CCCC2=O)cc1)Nc1cccc(I)c1. The van der Waals surface area contributed by atoms with E-state index in [2.05, 4.69) is 33.2 Å². The molecular weight excluding hydrogens is 445 g/mol. The number of carbonyl (C=O) groups is 3. The Morgan fingerprint density at radius 2 is 1.88 bits per heavy atom. The summed E-state index contributed by atoms with van der Waals surface area (Å²) in [5, 5.41) is 5.34. The fourth-order valence-corrected chi connectivity index (χ4v) is 3.29. The third kappa shape index (κ3) is 4.60. The molecule has 2 aromatic rings. The van der Waals surface area contributed by atoms with Crippen molar-refractivity contribution in [3.8, 4) is 0 Å². The van der Waals surface area contributed by atoms with Crippen LogP contribution in [0, 0.1) is 3.57 Å². The molecule has 0 saturated carbocycles. The van der Waals surface area contributed by atoms with Crippen molar-refractivity contribution in [3.05, 3.63) is 57.7 Å². The van der Waals surface area contributed by atoms with E-state index < -0.39 is 0 Å². The first-order valence-electron chi connectivity index (χ1n) is 8.27. The molecule has 1 aliphatic rings. The summed E-state index contributed by atoms with van der Waals surface area (Å²) in [6.07, 6.45) is 1.43. The number of benzene rings is 2. The molecule has 0 aromatic heterocycles. The Morgan fingerprint density at radius 1 is 1.12 bits per heavy atom. The predicted molar refractivity (Wildman–Crippen MR) is 108 cm³/mol. The molecule has 7 heteroatoms. The lowest BCUT2D eigenvalue weighted by Crippen LogP contribution is -2.32. The van der Waals surface area contributed by atoms with Gasteiger partial charge in [-0.3, -0.25) is 14.4 Å². The molecule has 1 heterocycles. The van der Waals surface area contributed by atoms with Crippen molar-refractivity contribution in [1.29, 1.82) is 0 Å². The molecule has 0 radical (unpaired) electrons. The van der Waals surface area contributed by atoms with Gasteiger partial charge in [0.1, 0.15) is 0 Å². The van der Waals surface area contributed by atoms with Crippen LogP contribution in [-0.2, 0) is 9.59 Å². The quantitative estimate of drug-likeness (QED) is 0.670. The third-order valence-corrected chi connectivity index (χ3v) is 4.70. The van der Waals surface area contributed by atoms with E-state index in [4.69, 9.17) is 0 Å². The zero-order chi connectivity index (χ0) is 18.5. The van der Waals surface area contributed by atoms with E-state index in [1.54, 1.807) is 35.2 Å². The zero-order valence-electron chi connectivity index (χ0n) is 14.0. The van der Waals surface area contributed by atoms with E-state index in [0.717, 1.165) is 15.7 Å². The molecule has 26 heavy (non-hydrogen) atoms. The Bertz CT molecular complexity index is 836. The first-order chi connectivity index (χ1) is 12.5. The molecule has 0 spiro atoms. The maximum Gasteiger partial charge on any atom is 0.251 e. The molecular formula is C19H18IN3O3. The number of carbonyl (C=O) groups excluding carboxylic acids is 3. The van der Waals surface area contributed by atoms with Crippen LogP contribution in [0.15, 0.2) is 48.5 Å². The van der Waals surface area contributed by atoms with Gasteiger partial charge in [-0.15, -0.1) is 0 Å². The molecule has 1 fully saturated rings. The number of hydrogen-bond acceptors (Lipinski definition) is 3. The molecule has 2 aromatic carbocycles. The van der Waals surface area contributed by atoms with Crippen LogP contribution < -0.4 is 15.5 Å². The van der Waals surface area contributed by atoms with Gasteiger partial charge >= 0.3 is 0 Å². The Labute approximate surface area is 165 Å². The second-order valence-corrected chi connectivity index (χ2v) is 7.18. The van der Waals surface area contributed by atoms with Crippen molar-refractivity contribution in [2.45, 2.75) is 12.8 Å². The molecule has 0 atom stereocenters. The Kier molecular flexibility index (Phi) is 5.87. The fraction of sp³-hybridized carbons (Fsp3) is 0.211. The zero-order valence-corrected chi connectivity index (χ0v) is 16.2. The molecule has 3 amide bonds. The van der Waals surface area contributed by atoms with Gasteiger partial charge in [-0.2, -0.15) is 0 Å². The summed E-state index contributed by atoms with van der Waals surface area (Å²) in [5.41, 5.74) is 1.93. The molecule has 6 nitrogen and oxygen atoms in total. The highest BCUT2D eigenvalue weighted by molar-refractivity contribution is 14.1. The second-order valence-electron chi connectivity index (χ2n) is 5.94. The van der Waals surface area contributed by atoms with Gasteiger partial charge in [-0.1, -0.05) is 6.07 Å².